The van der Waals surface area contributed by atoms with Crippen LogP contribution in [0.2, 0.25) is 0 Å². The normalized spacial score (nSPS) is 23.2. The molecule has 0 aromatic heterocycles. The molecule has 296 valence electrons. The van der Waals surface area contributed by atoms with E-state index < -0.39 is 31.9 Å². The summed E-state index contributed by atoms with van der Waals surface area (Å²) in [7, 11) is -7.54. The van der Waals surface area contributed by atoms with Gasteiger partial charge >= 0.3 is 15.2 Å². The SMILES string of the molecule is CC(C)Cc1ccccc1C(c1ccccc1CC(C)C)P1(=O)OCC2(CO1)COP(=O)(C(c1ccccc1CC(C)C)c1ccccc1CC(C)C)OC2. The van der Waals surface area contributed by atoms with Gasteiger partial charge < -0.3 is 18.1 Å². The van der Waals surface area contributed by atoms with E-state index in [4.69, 9.17) is 18.1 Å². The summed E-state index contributed by atoms with van der Waals surface area (Å²) in [5.74, 6) is 1.65. The van der Waals surface area contributed by atoms with Crippen LogP contribution in [0, 0.1) is 29.1 Å². The van der Waals surface area contributed by atoms with Crippen molar-refractivity contribution in [3.63, 3.8) is 0 Å². The molecular weight excluding hydrogens is 722 g/mol. The van der Waals surface area contributed by atoms with Crippen molar-refractivity contribution in [2.75, 3.05) is 26.4 Å². The maximum Gasteiger partial charge on any atom is 0.342 e. The lowest BCUT2D eigenvalue weighted by Crippen LogP contribution is -2.46. The molecule has 6 rings (SSSR count). The van der Waals surface area contributed by atoms with Crippen molar-refractivity contribution < 1.29 is 27.2 Å². The first-order valence-corrected chi connectivity index (χ1v) is 23.5. The fourth-order valence-electron chi connectivity index (χ4n) is 8.25. The zero-order valence-corrected chi connectivity index (χ0v) is 36.0. The van der Waals surface area contributed by atoms with E-state index >= 15 is 9.13 Å². The minimum atomic E-state index is -3.77. The van der Waals surface area contributed by atoms with E-state index in [0.29, 0.717) is 23.7 Å². The summed E-state index contributed by atoms with van der Waals surface area (Å²) < 4.78 is 56.9. The Morgan fingerprint density at radius 1 is 0.418 bits per heavy atom. The summed E-state index contributed by atoms with van der Waals surface area (Å²) in [5.41, 5.74) is 6.58. The fourth-order valence-corrected chi connectivity index (χ4v) is 13.2. The second-order valence-corrected chi connectivity index (χ2v) is 21.9. The quantitative estimate of drug-likeness (QED) is 0.119. The van der Waals surface area contributed by atoms with Crippen LogP contribution < -0.4 is 0 Å². The largest absolute Gasteiger partial charge is 0.342 e. The molecule has 4 aromatic rings. The first-order valence-electron chi connectivity index (χ1n) is 20.3. The molecule has 2 aliphatic heterocycles. The van der Waals surface area contributed by atoms with Crippen LogP contribution in [-0.4, -0.2) is 26.4 Å². The molecular formula is C47H62O6P2. The maximum absolute atomic E-state index is 15.3. The highest BCUT2D eigenvalue weighted by Crippen LogP contribution is 2.71. The molecule has 0 amide bonds. The highest BCUT2D eigenvalue weighted by molar-refractivity contribution is 7.55. The van der Waals surface area contributed by atoms with Gasteiger partial charge in [0.15, 0.2) is 0 Å². The molecule has 0 aliphatic carbocycles. The highest BCUT2D eigenvalue weighted by atomic mass is 31.2. The van der Waals surface area contributed by atoms with E-state index in [1.165, 1.54) is 0 Å². The third-order valence-electron chi connectivity index (χ3n) is 10.7. The fraction of sp³-hybridized carbons (Fsp3) is 0.489. The van der Waals surface area contributed by atoms with Crippen molar-refractivity contribution in [1.29, 1.82) is 0 Å². The maximum atomic E-state index is 15.3. The lowest BCUT2D eigenvalue weighted by atomic mass is 9.90. The van der Waals surface area contributed by atoms with E-state index in [9.17, 15) is 0 Å². The third kappa shape index (κ3) is 9.66. The molecule has 0 atom stereocenters. The minimum Gasteiger partial charge on any atom is -0.307 e. The van der Waals surface area contributed by atoms with Gasteiger partial charge in [-0.25, -0.2) is 0 Å². The molecule has 0 saturated carbocycles. The lowest BCUT2D eigenvalue weighted by Gasteiger charge is -2.46. The van der Waals surface area contributed by atoms with Gasteiger partial charge in [-0.2, -0.15) is 0 Å². The van der Waals surface area contributed by atoms with Gasteiger partial charge in [0.25, 0.3) is 0 Å². The van der Waals surface area contributed by atoms with Gasteiger partial charge in [0, 0.05) is 0 Å². The standard InChI is InChI=1S/C47H62O6P2/c1-33(2)25-37-17-9-13-21-41(37)45(42-22-14-10-18-38(42)26-34(3)4)54(48)50-29-47(30-51-54)31-52-55(49,53-32-47)46(43-23-15-11-19-39(43)27-35(5)6)44-24-16-12-20-40(44)28-36(7)8/h9-24,33-36,45-46H,25-32H2,1-8H3. The third-order valence-corrected chi connectivity index (χ3v) is 15.1. The van der Waals surface area contributed by atoms with Gasteiger partial charge in [-0.05, 0) is 93.9 Å². The van der Waals surface area contributed by atoms with Crippen LogP contribution in [0.4, 0.5) is 0 Å². The first kappa shape index (κ1) is 41.8. The molecule has 2 saturated heterocycles. The molecule has 6 nitrogen and oxygen atoms in total. The number of rotatable bonds is 14. The molecule has 55 heavy (non-hydrogen) atoms. The lowest BCUT2D eigenvalue weighted by molar-refractivity contribution is -0.0703. The number of hydrogen-bond acceptors (Lipinski definition) is 6. The van der Waals surface area contributed by atoms with Crippen molar-refractivity contribution >= 4 is 15.2 Å². The summed E-state index contributed by atoms with van der Waals surface area (Å²) in [6.07, 6.45) is 3.40. The van der Waals surface area contributed by atoms with Crippen LogP contribution in [-0.2, 0) is 52.9 Å². The van der Waals surface area contributed by atoms with Crippen molar-refractivity contribution in [2.24, 2.45) is 29.1 Å². The van der Waals surface area contributed by atoms with Gasteiger partial charge in [0.2, 0.25) is 0 Å². The Morgan fingerprint density at radius 3 is 0.855 bits per heavy atom. The summed E-state index contributed by atoms with van der Waals surface area (Å²) in [6, 6.07) is 33.2. The molecule has 0 bridgehead atoms. The van der Waals surface area contributed by atoms with Gasteiger partial charge in [0.05, 0.1) is 31.8 Å². The Hall–Kier alpha value is -2.82. The van der Waals surface area contributed by atoms with Gasteiger partial charge in [-0.3, -0.25) is 9.13 Å². The molecule has 2 aliphatic rings. The number of hydrogen-bond donors (Lipinski definition) is 0. The van der Waals surface area contributed by atoms with Crippen molar-refractivity contribution in [3.8, 4) is 0 Å². The number of benzene rings is 4. The van der Waals surface area contributed by atoms with Crippen molar-refractivity contribution in [1.82, 2.24) is 0 Å². The molecule has 2 heterocycles. The topological polar surface area (TPSA) is 71.1 Å². The van der Waals surface area contributed by atoms with Gasteiger partial charge in [-0.1, -0.05) is 152 Å². The average molecular weight is 785 g/mol. The van der Waals surface area contributed by atoms with Crippen LogP contribution in [0.3, 0.4) is 0 Å². The van der Waals surface area contributed by atoms with E-state index in [-0.39, 0.29) is 26.4 Å². The average Bonchev–Trinajstić information content (AvgIpc) is 3.13. The van der Waals surface area contributed by atoms with E-state index in [0.717, 1.165) is 70.2 Å². The molecule has 1 spiro atoms. The van der Waals surface area contributed by atoms with Crippen LogP contribution in [0.1, 0.15) is 111 Å². The molecule has 4 aromatic carbocycles. The second kappa shape index (κ2) is 17.8. The molecule has 2 fully saturated rings. The monoisotopic (exact) mass is 784 g/mol. The Labute approximate surface area is 330 Å². The van der Waals surface area contributed by atoms with Crippen LogP contribution in [0.5, 0.6) is 0 Å². The summed E-state index contributed by atoms with van der Waals surface area (Å²) in [6.45, 7) is 18.1. The Morgan fingerprint density at radius 2 is 0.636 bits per heavy atom. The second-order valence-electron chi connectivity index (χ2n) is 17.7. The summed E-state index contributed by atoms with van der Waals surface area (Å²) in [5, 5.41) is 0. The zero-order chi connectivity index (χ0) is 39.4. The van der Waals surface area contributed by atoms with Crippen LogP contribution >= 0.6 is 15.2 Å². The summed E-state index contributed by atoms with van der Waals surface area (Å²) >= 11 is 0. The molecule has 8 heteroatoms. The van der Waals surface area contributed by atoms with E-state index in [2.05, 4.69) is 128 Å². The van der Waals surface area contributed by atoms with E-state index in [1.807, 2.05) is 24.3 Å². The van der Waals surface area contributed by atoms with E-state index in [1.54, 1.807) is 0 Å². The van der Waals surface area contributed by atoms with Crippen molar-refractivity contribution in [2.45, 2.75) is 92.4 Å². The Kier molecular flexibility index (Phi) is 13.5. The summed E-state index contributed by atoms with van der Waals surface area (Å²) in [4.78, 5) is 0. The van der Waals surface area contributed by atoms with Gasteiger partial charge in [0.1, 0.15) is 11.3 Å². The smallest absolute Gasteiger partial charge is 0.307 e. The first-order chi connectivity index (χ1) is 26.2. The molecule has 0 unspecified atom stereocenters. The van der Waals surface area contributed by atoms with Crippen LogP contribution in [0.25, 0.3) is 0 Å². The Bertz CT molecular complexity index is 1720. The van der Waals surface area contributed by atoms with Crippen LogP contribution in [0.15, 0.2) is 97.1 Å². The predicted molar refractivity (Wildman–Crippen MR) is 225 cm³/mol. The van der Waals surface area contributed by atoms with Crippen molar-refractivity contribution in [3.05, 3.63) is 142 Å². The minimum absolute atomic E-state index is 0.109. The molecule has 0 radical (unpaired) electrons. The molecule has 0 N–H and O–H groups in total. The predicted octanol–water partition coefficient (Wildman–Crippen LogP) is 12.8. The Balaban J connectivity index is 1.32. The highest BCUT2D eigenvalue weighted by Gasteiger charge is 2.54. The zero-order valence-electron chi connectivity index (χ0n) is 34.2. The van der Waals surface area contributed by atoms with Gasteiger partial charge in [-0.15, -0.1) is 0 Å².